The average Bonchev–Trinajstić information content (AvgIpc) is 2.90. The minimum atomic E-state index is -4.64. The van der Waals surface area contributed by atoms with Crippen molar-refractivity contribution in [3.63, 3.8) is 0 Å². The zero-order valence-corrected chi connectivity index (χ0v) is 11.6. The van der Waals surface area contributed by atoms with Crippen molar-refractivity contribution in [2.75, 3.05) is 7.11 Å². The van der Waals surface area contributed by atoms with Crippen molar-refractivity contribution in [1.82, 2.24) is 14.5 Å². The van der Waals surface area contributed by atoms with Crippen molar-refractivity contribution in [3.05, 3.63) is 35.5 Å². The molecule has 0 radical (unpaired) electrons. The minimum absolute atomic E-state index is 0.144. The van der Waals surface area contributed by atoms with E-state index < -0.39 is 23.7 Å². The summed E-state index contributed by atoms with van der Waals surface area (Å²) in [5.41, 5.74) is -1.65. The molecular weight excluding hydrogens is 306 g/mol. The number of carbonyl (C=O) groups is 1. The first kappa shape index (κ1) is 15.9. The predicted molar refractivity (Wildman–Crippen MR) is 67.4 cm³/mol. The lowest BCUT2D eigenvalue weighted by Crippen LogP contribution is -2.06. The van der Waals surface area contributed by atoms with Crippen LogP contribution in [0.15, 0.2) is 18.5 Å². The number of nitrogens with zero attached hydrogens (tertiary/aromatic N) is 3. The van der Waals surface area contributed by atoms with Gasteiger partial charge in [0.2, 0.25) is 0 Å². The maximum atomic E-state index is 14.0. The molecule has 0 atom stereocenters. The quantitative estimate of drug-likeness (QED) is 0.645. The second kappa shape index (κ2) is 5.74. The lowest BCUT2D eigenvalue weighted by Gasteiger charge is -2.06. The fraction of sp³-hybridized carbons (Fsp3) is 0.308. The molecular formula is C13H11F4N3O2. The van der Waals surface area contributed by atoms with Crippen LogP contribution in [0.4, 0.5) is 17.6 Å². The molecule has 2 rings (SSSR count). The molecule has 0 aromatic carbocycles. The minimum Gasteiger partial charge on any atom is -0.465 e. The summed E-state index contributed by atoms with van der Waals surface area (Å²) in [4.78, 5) is 18.4. The van der Waals surface area contributed by atoms with E-state index in [-0.39, 0.29) is 23.6 Å². The van der Waals surface area contributed by atoms with Crippen molar-refractivity contribution in [1.29, 1.82) is 0 Å². The normalized spacial score (nSPS) is 11.5. The summed E-state index contributed by atoms with van der Waals surface area (Å²) in [6, 6.07) is 0.843. The molecule has 2 aromatic heterocycles. The molecule has 0 spiro atoms. The SMILES string of the molecule is CCn1cc(C(F)(F)F)nc1-c1ncc(C(=O)OC)cc1F. The van der Waals surface area contributed by atoms with Crippen LogP contribution in [-0.2, 0) is 17.5 Å². The Morgan fingerprint density at radius 2 is 2.09 bits per heavy atom. The van der Waals surface area contributed by atoms with Gasteiger partial charge >= 0.3 is 12.1 Å². The van der Waals surface area contributed by atoms with Gasteiger partial charge in [0.15, 0.2) is 17.3 Å². The summed E-state index contributed by atoms with van der Waals surface area (Å²) in [6.07, 6.45) is -2.84. The van der Waals surface area contributed by atoms with E-state index in [2.05, 4.69) is 14.7 Å². The third-order valence-corrected chi connectivity index (χ3v) is 2.88. The molecule has 0 aliphatic heterocycles. The molecule has 0 N–H and O–H groups in total. The summed E-state index contributed by atoms with van der Waals surface area (Å²) >= 11 is 0. The first-order chi connectivity index (χ1) is 10.3. The number of hydrogen-bond donors (Lipinski definition) is 0. The van der Waals surface area contributed by atoms with Crippen LogP contribution < -0.4 is 0 Å². The third-order valence-electron chi connectivity index (χ3n) is 2.88. The maximum absolute atomic E-state index is 14.0. The molecule has 2 heterocycles. The molecule has 118 valence electrons. The number of ether oxygens (including phenoxy) is 1. The highest BCUT2D eigenvalue weighted by Crippen LogP contribution is 2.31. The van der Waals surface area contributed by atoms with Crippen LogP contribution >= 0.6 is 0 Å². The number of halogens is 4. The van der Waals surface area contributed by atoms with Crippen LogP contribution in [0.25, 0.3) is 11.5 Å². The van der Waals surface area contributed by atoms with E-state index in [1.54, 1.807) is 6.92 Å². The van der Waals surface area contributed by atoms with Gasteiger partial charge in [-0.1, -0.05) is 0 Å². The Morgan fingerprint density at radius 3 is 2.59 bits per heavy atom. The van der Waals surface area contributed by atoms with Gasteiger partial charge in [0, 0.05) is 18.9 Å². The maximum Gasteiger partial charge on any atom is 0.434 e. The van der Waals surface area contributed by atoms with Crippen molar-refractivity contribution >= 4 is 5.97 Å². The number of carbonyl (C=O) groups excluding carboxylic acids is 1. The lowest BCUT2D eigenvalue weighted by atomic mass is 10.2. The molecule has 0 aliphatic carbocycles. The van der Waals surface area contributed by atoms with E-state index in [1.165, 1.54) is 0 Å². The fourth-order valence-electron chi connectivity index (χ4n) is 1.81. The molecule has 0 unspecified atom stereocenters. The van der Waals surface area contributed by atoms with Crippen LogP contribution in [0.1, 0.15) is 23.0 Å². The zero-order valence-electron chi connectivity index (χ0n) is 11.6. The van der Waals surface area contributed by atoms with Gasteiger partial charge in [0.25, 0.3) is 0 Å². The Kier molecular flexibility index (Phi) is 4.16. The summed E-state index contributed by atoms with van der Waals surface area (Å²) in [5, 5.41) is 0. The highest BCUT2D eigenvalue weighted by molar-refractivity contribution is 5.89. The number of aromatic nitrogens is 3. The lowest BCUT2D eigenvalue weighted by molar-refractivity contribution is -0.140. The highest BCUT2D eigenvalue weighted by Gasteiger charge is 2.35. The fourth-order valence-corrected chi connectivity index (χ4v) is 1.81. The Morgan fingerprint density at radius 1 is 1.41 bits per heavy atom. The summed E-state index contributed by atoms with van der Waals surface area (Å²) in [6.45, 7) is 1.74. The molecule has 22 heavy (non-hydrogen) atoms. The molecule has 5 nitrogen and oxygen atoms in total. The summed E-state index contributed by atoms with van der Waals surface area (Å²) < 4.78 is 57.7. The highest BCUT2D eigenvalue weighted by atomic mass is 19.4. The van der Waals surface area contributed by atoms with Gasteiger partial charge in [-0.25, -0.2) is 19.2 Å². The third kappa shape index (κ3) is 2.92. The van der Waals surface area contributed by atoms with E-state index in [9.17, 15) is 22.4 Å². The van der Waals surface area contributed by atoms with Crippen LogP contribution in [0.3, 0.4) is 0 Å². The molecule has 0 saturated carbocycles. The Hall–Kier alpha value is -2.45. The number of rotatable bonds is 3. The number of aryl methyl sites for hydroxylation is 1. The number of imidazole rings is 1. The number of methoxy groups -OCH3 is 1. The molecule has 0 bridgehead atoms. The van der Waals surface area contributed by atoms with E-state index in [0.29, 0.717) is 0 Å². The molecule has 0 saturated heterocycles. The van der Waals surface area contributed by atoms with Gasteiger partial charge in [0.1, 0.15) is 5.69 Å². The van der Waals surface area contributed by atoms with Crippen LogP contribution in [-0.4, -0.2) is 27.6 Å². The summed E-state index contributed by atoms with van der Waals surface area (Å²) in [5.74, 6) is -2.02. The second-order valence-corrected chi connectivity index (χ2v) is 4.28. The monoisotopic (exact) mass is 317 g/mol. The first-order valence-electron chi connectivity index (χ1n) is 6.16. The van der Waals surface area contributed by atoms with Crippen LogP contribution in [0, 0.1) is 5.82 Å². The Labute approximate surface area is 122 Å². The number of esters is 1. The largest absolute Gasteiger partial charge is 0.465 e. The molecule has 0 aliphatic rings. The number of alkyl halides is 3. The topological polar surface area (TPSA) is 57.0 Å². The van der Waals surface area contributed by atoms with Crippen molar-refractivity contribution in [2.24, 2.45) is 0 Å². The first-order valence-corrected chi connectivity index (χ1v) is 6.16. The van der Waals surface area contributed by atoms with Gasteiger partial charge in [-0.05, 0) is 13.0 Å². The van der Waals surface area contributed by atoms with Crippen LogP contribution in [0.5, 0.6) is 0 Å². The Balaban J connectivity index is 2.52. The van der Waals surface area contributed by atoms with E-state index in [1.807, 2.05) is 0 Å². The van der Waals surface area contributed by atoms with Gasteiger partial charge < -0.3 is 9.30 Å². The molecule has 9 heteroatoms. The van der Waals surface area contributed by atoms with Crippen molar-refractivity contribution < 1.29 is 27.1 Å². The van der Waals surface area contributed by atoms with Crippen LogP contribution in [0.2, 0.25) is 0 Å². The second-order valence-electron chi connectivity index (χ2n) is 4.28. The van der Waals surface area contributed by atoms with E-state index >= 15 is 0 Å². The average molecular weight is 317 g/mol. The van der Waals surface area contributed by atoms with Gasteiger partial charge in [-0.3, -0.25) is 0 Å². The smallest absolute Gasteiger partial charge is 0.434 e. The molecule has 0 fully saturated rings. The Bertz CT molecular complexity index is 710. The van der Waals surface area contributed by atoms with Gasteiger partial charge in [0.05, 0.1) is 12.7 Å². The molecule has 0 amide bonds. The predicted octanol–water partition coefficient (Wildman–Crippen LogP) is 2.91. The van der Waals surface area contributed by atoms with Crippen molar-refractivity contribution in [3.8, 4) is 11.5 Å². The number of pyridine rings is 1. The van der Waals surface area contributed by atoms with Gasteiger partial charge in [-0.15, -0.1) is 0 Å². The van der Waals surface area contributed by atoms with Crippen molar-refractivity contribution in [2.45, 2.75) is 19.6 Å². The molecule has 2 aromatic rings. The number of hydrogen-bond acceptors (Lipinski definition) is 4. The summed E-state index contributed by atoms with van der Waals surface area (Å²) in [7, 11) is 1.12. The van der Waals surface area contributed by atoms with E-state index in [0.717, 1.165) is 30.1 Å². The van der Waals surface area contributed by atoms with Gasteiger partial charge in [-0.2, -0.15) is 13.2 Å². The van der Waals surface area contributed by atoms with E-state index in [4.69, 9.17) is 0 Å². The zero-order chi connectivity index (χ0) is 16.5. The standard InChI is InChI=1S/C13H11F4N3O2/c1-3-20-6-9(13(15,16)17)19-11(20)10-8(14)4-7(5-18-10)12(21)22-2/h4-6H,3H2,1-2H3.